The molecule has 214 valence electrons. The van der Waals surface area contributed by atoms with E-state index in [0.29, 0.717) is 26.3 Å². The average molecular weight is 567 g/mol. The third-order valence-electron chi connectivity index (χ3n) is 7.41. The van der Waals surface area contributed by atoms with Gasteiger partial charge in [-0.05, 0) is 60.1 Å². The van der Waals surface area contributed by atoms with Crippen LogP contribution in [0.4, 0.5) is 19.3 Å². The third-order valence-corrected chi connectivity index (χ3v) is 9.99. The molecule has 2 saturated heterocycles. The van der Waals surface area contributed by atoms with Crippen LogP contribution in [0, 0.1) is 17.7 Å². The molecule has 3 fully saturated rings. The van der Waals surface area contributed by atoms with Gasteiger partial charge in [0.25, 0.3) is 5.88 Å². The molecule has 0 radical (unpaired) electrons. The minimum absolute atomic E-state index is 0.0710. The number of amidine groups is 1. The lowest BCUT2D eigenvalue weighted by molar-refractivity contribution is -0.131. The van der Waals surface area contributed by atoms with Crippen LogP contribution in [-0.2, 0) is 23.7 Å². The number of aliphatic imine (C=N–C) groups is 2. The van der Waals surface area contributed by atoms with Crippen molar-refractivity contribution in [3.8, 4) is 0 Å². The molecule has 1 N–H and O–H groups in total. The molecule has 3 atom stereocenters. The summed E-state index contributed by atoms with van der Waals surface area (Å²) in [6.07, 6.45) is 0.852. The Labute approximate surface area is 228 Å². The molecule has 1 aliphatic carbocycles. The van der Waals surface area contributed by atoms with Crippen LogP contribution in [0.2, 0.25) is 0 Å². The molecule has 2 heterocycles. The molecule has 39 heavy (non-hydrogen) atoms. The largest absolute Gasteiger partial charge is 0.471 e. The maximum atomic E-state index is 15.6. The van der Waals surface area contributed by atoms with Gasteiger partial charge in [-0.2, -0.15) is 4.39 Å². The topological polar surface area (TPSA) is 102 Å². The molecule has 4 rings (SSSR count). The number of halogens is 2. The standard InChI is InChI=1S/C27H36F2N4O5S/c1-16(2)39(6,35)19-7-8-21(20(28)11-19)32-24(30-4)22(29)25(31-5)37-23-17-12-33(13-18(23)15-36-14-17)26(34)38-27(3)9-10-27/h7-8,11,16-18,23H,5-6,9-10,12-15H2,1-4H3,(H,30,32)/b25-22-. The molecule has 0 spiro atoms. The lowest BCUT2D eigenvalue weighted by Crippen LogP contribution is -2.57. The van der Waals surface area contributed by atoms with Crippen molar-refractivity contribution in [1.29, 1.82) is 0 Å². The van der Waals surface area contributed by atoms with E-state index in [2.05, 4.69) is 27.9 Å². The van der Waals surface area contributed by atoms with Crippen molar-refractivity contribution < 1.29 is 32.0 Å². The van der Waals surface area contributed by atoms with Crippen molar-refractivity contribution in [2.24, 2.45) is 21.8 Å². The molecule has 12 heteroatoms. The van der Waals surface area contributed by atoms with E-state index in [-0.39, 0.29) is 45.2 Å². The minimum atomic E-state index is -2.69. The number of benzene rings is 1. The van der Waals surface area contributed by atoms with Gasteiger partial charge in [0.2, 0.25) is 5.83 Å². The number of carbonyl (C=O) groups excluding carboxylic acids is 1. The van der Waals surface area contributed by atoms with Crippen molar-refractivity contribution in [3.63, 3.8) is 0 Å². The normalized spacial score (nSPS) is 26.3. The molecule has 0 aromatic heterocycles. The second kappa shape index (κ2) is 11.2. The van der Waals surface area contributed by atoms with Gasteiger partial charge in [0.15, 0.2) is 5.84 Å². The van der Waals surface area contributed by atoms with Crippen LogP contribution < -0.4 is 5.32 Å². The Kier molecular flexibility index (Phi) is 8.36. The Morgan fingerprint density at radius 1 is 1.28 bits per heavy atom. The number of hydrogen-bond acceptors (Lipinski definition) is 7. The number of fused-ring (bicyclic) bond motifs is 2. The Balaban J connectivity index is 1.49. The molecular formula is C27H36F2N4O5S. The molecule has 1 amide bonds. The quantitative estimate of drug-likeness (QED) is 0.219. The molecule has 2 bridgehead atoms. The number of likely N-dealkylation sites (tertiary alicyclic amines) is 1. The van der Waals surface area contributed by atoms with Crippen LogP contribution in [0.15, 0.2) is 44.8 Å². The van der Waals surface area contributed by atoms with E-state index in [1.165, 1.54) is 19.2 Å². The SMILES string of the molecule is C=N/C(OC1C2COCC1CN(C(=O)OC1(C)CC1)C2)=C(/F)C(=NC)Nc1ccc(S(=C)(=O)C(C)C)cc1F. The summed E-state index contributed by atoms with van der Waals surface area (Å²) in [5.74, 6) is 0.856. The van der Waals surface area contributed by atoms with E-state index < -0.39 is 33.2 Å². The summed E-state index contributed by atoms with van der Waals surface area (Å²) < 4.78 is 60.6. The highest BCUT2D eigenvalue weighted by molar-refractivity contribution is 8.00. The Morgan fingerprint density at radius 3 is 2.44 bits per heavy atom. The lowest BCUT2D eigenvalue weighted by Gasteiger charge is -2.46. The third kappa shape index (κ3) is 6.27. The van der Waals surface area contributed by atoms with E-state index in [1.54, 1.807) is 18.7 Å². The lowest BCUT2D eigenvalue weighted by atomic mass is 9.84. The van der Waals surface area contributed by atoms with Crippen LogP contribution in [-0.4, -0.2) is 83.9 Å². The summed E-state index contributed by atoms with van der Waals surface area (Å²) >= 11 is 0. The van der Waals surface area contributed by atoms with Gasteiger partial charge in [0.05, 0.1) is 18.9 Å². The zero-order valence-electron chi connectivity index (χ0n) is 22.7. The summed E-state index contributed by atoms with van der Waals surface area (Å²) in [4.78, 5) is 22.2. The van der Waals surface area contributed by atoms with Crippen molar-refractivity contribution >= 4 is 39.7 Å². The average Bonchev–Trinajstić information content (AvgIpc) is 3.61. The first-order valence-corrected chi connectivity index (χ1v) is 14.7. The van der Waals surface area contributed by atoms with Gasteiger partial charge < -0.3 is 24.4 Å². The van der Waals surface area contributed by atoms with Gasteiger partial charge in [0, 0.05) is 42.1 Å². The highest BCUT2D eigenvalue weighted by atomic mass is 32.2. The van der Waals surface area contributed by atoms with Gasteiger partial charge in [-0.3, -0.25) is 9.20 Å². The zero-order valence-corrected chi connectivity index (χ0v) is 23.6. The number of hydrogen-bond donors (Lipinski definition) is 1. The fourth-order valence-electron chi connectivity index (χ4n) is 4.60. The number of rotatable bonds is 8. The van der Waals surface area contributed by atoms with Crippen LogP contribution in [0.25, 0.3) is 0 Å². The maximum absolute atomic E-state index is 15.6. The maximum Gasteiger partial charge on any atom is 0.410 e. The highest BCUT2D eigenvalue weighted by Gasteiger charge is 2.47. The summed E-state index contributed by atoms with van der Waals surface area (Å²) in [5.41, 5.74) is -0.454. The first kappa shape index (κ1) is 29.0. The Bertz CT molecular complexity index is 1280. The number of amides is 1. The predicted molar refractivity (Wildman–Crippen MR) is 148 cm³/mol. The smallest absolute Gasteiger partial charge is 0.410 e. The predicted octanol–water partition coefficient (Wildman–Crippen LogP) is 4.24. The first-order valence-electron chi connectivity index (χ1n) is 12.9. The second-order valence-electron chi connectivity index (χ2n) is 10.8. The van der Waals surface area contributed by atoms with E-state index in [0.717, 1.165) is 18.9 Å². The summed E-state index contributed by atoms with van der Waals surface area (Å²) in [5, 5.41) is 2.34. The molecule has 3 aliphatic rings. The number of carbonyl (C=O) groups is 1. The molecule has 3 unspecified atom stereocenters. The number of anilines is 1. The van der Waals surface area contributed by atoms with Crippen LogP contribution in [0.5, 0.6) is 0 Å². The summed E-state index contributed by atoms with van der Waals surface area (Å²) in [7, 11) is -1.35. The fourth-order valence-corrected chi connectivity index (χ4v) is 5.75. The fraction of sp³-hybridized carbons (Fsp3) is 0.556. The molecular weight excluding hydrogens is 530 g/mol. The Morgan fingerprint density at radius 2 is 1.92 bits per heavy atom. The number of nitrogens with one attached hydrogen (secondary N) is 1. The van der Waals surface area contributed by atoms with Crippen molar-refractivity contribution in [2.75, 3.05) is 38.7 Å². The van der Waals surface area contributed by atoms with Gasteiger partial charge in [0.1, 0.15) is 17.5 Å². The second-order valence-corrected chi connectivity index (χ2v) is 13.6. The van der Waals surface area contributed by atoms with Crippen molar-refractivity contribution in [1.82, 2.24) is 4.90 Å². The van der Waals surface area contributed by atoms with Gasteiger partial charge in [-0.1, -0.05) is 13.8 Å². The van der Waals surface area contributed by atoms with Crippen LogP contribution in [0.3, 0.4) is 0 Å². The summed E-state index contributed by atoms with van der Waals surface area (Å²) in [6, 6.07) is 3.97. The van der Waals surface area contributed by atoms with E-state index in [1.807, 2.05) is 6.92 Å². The number of piperidine rings is 1. The van der Waals surface area contributed by atoms with E-state index in [4.69, 9.17) is 14.2 Å². The van der Waals surface area contributed by atoms with Gasteiger partial charge in [-0.25, -0.2) is 14.2 Å². The first-order chi connectivity index (χ1) is 18.4. The minimum Gasteiger partial charge on any atom is -0.471 e. The number of ether oxygens (including phenoxy) is 3. The van der Waals surface area contributed by atoms with E-state index in [9.17, 15) is 13.4 Å². The van der Waals surface area contributed by atoms with Gasteiger partial charge >= 0.3 is 6.09 Å². The van der Waals surface area contributed by atoms with E-state index >= 15 is 4.39 Å². The monoisotopic (exact) mass is 566 g/mol. The molecule has 1 aromatic carbocycles. The van der Waals surface area contributed by atoms with Crippen molar-refractivity contribution in [2.45, 2.75) is 55.5 Å². The molecule has 2 aliphatic heterocycles. The molecule has 1 saturated carbocycles. The van der Waals surface area contributed by atoms with Gasteiger partial charge in [-0.15, -0.1) is 0 Å². The molecule has 1 aromatic rings. The Hall–Kier alpha value is -2.99. The van der Waals surface area contributed by atoms with Crippen LogP contribution in [0.1, 0.15) is 33.6 Å². The highest BCUT2D eigenvalue weighted by Crippen LogP contribution is 2.40. The number of nitrogens with zero attached hydrogens (tertiary/aromatic N) is 3. The van der Waals surface area contributed by atoms with Crippen LogP contribution >= 0.6 is 0 Å². The zero-order chi connectivity index (χ0) is 28.5. The van der Waals surface area contributed by atoms with Crippen molar-refractivity contribution in [3.05, 3.63) is 35.7 Å². The molecule has 9 nitrogen and oxygen atoms in total. The summed E-state index contributed by atoms with van der Waals surface area (Å²) in [6.45, 7) is 10.2.